The van der Waals surface area contributed by atoms with Crippen molar-refractivity contribution in [3.63, 3.8) is 0 Å². The Morgan fingerprint density at radius 2 is 1.69 bits per heavy atom. The number of nitrogens with zero attached hydrogens (tertiary/aromatic N) is 7. The molecular formula is C19H10ClF3N8O. The smallest absolute Gasteiger partial charge is 0.368 e. The minimum atomic E-state index is -4.69. The highest BCUT2D eigenvalue weighted by Gasteiger charge is 2.36. The zero-order valence-electron chi connectivity index (χ0n) is 15.7. The van der Waals surface area contributed by atoms with Crippen LogP contribution in [0.4, 0.5) is 19.1 Å². The monoisotopic (exact) mass is 458 g/mol. The molecule has 13 heteroatoms. The number of alkyl halides is 3. The maximum absolute atomic E-state index is 13.8. The van der Waals surface area contributed by atoms with E-state index < -0.39 is 11.9 Å². The van der Waals surface area contributed by atoms with Gasteiger partial charge in [0.25, 0.3) is 5.89 Å². The number of benzene rings is 1. The first kappa shape index (κ1) is 19.9. The van der Waals surface area contributed by atoms with E-state index in [0.29, 0.717) is 20.7 Å². The molecule has 0 aliphatic rings. The summed E-state index contributed by atoms with van der Waals surface area (Å²) in [5, 5.41) is 8.13. The van der Waals surface area contributed by atoms with Gasteiger partial charge in [-0.15, -0.1) is 0 Å². The first-order chi connectivity index (χ1) is 15.3. The third-order valence-corrected chi connectivity index (χ3v) is 4.74. The van der Waals surface area contributed by atoms with E-state index in [1.807, 2.05) is 0 Å². The molecule has 0 radical (unpaired) electrons. The van der Waals surface area contributed by atoms with E-state index in [-0.39, 0.29) is 34.6 Å². The second-order valence-electron chi connectivity index (χ2n) is 6.58. The van der Waals surface area contributed by atoms with Crippen molar-refractivity contribution in [2.24, 2.45) is 0 Å². The van der Waals surface area contributed by atoms with Gasteiger partial charge in [-0.25, -0.2) is 19.5 Å². The zero-order chi connectivity index (χ0) is 22.5. The molecule has 0 bridgehead atoms. The van der Waals surface area contributed by atoms with Gasteiger partial charge < -0.3 is 10.3 Å². The summed E-state index contributed by atoms with van der Waals surface area (Å²) in [5.41, 5.74) is 5.41. The van der Waals surface area contributed by atoms with Gasteiger partial charge in [0.1, 0.15) is 5.56 Å². The van der Waals surface area contributed by atoms with Crippen molar-refractivity contribution in [1.82, 2.24) is 34.7 Å². The Bertz CT molecular complexity index is 1430. The molecule has 0 unspecified atom stereocenters. The average Bonchev–Trinajstić information content (AvgIpc) is 3.40. The van der Waals surface area contributed by atoms with Gasteiger partial charge in [-0.2, -0.15) is 23.3 Å². The Labute approximate surface area is 181 Å². The van der Waals surface area contributed by atoms with Gasteiger partial charge in [0.05, 0.1) is 17.5 Å². The molecule has 1 aromatic carbocycles. The van der Waals surface area contributed by atoms with Crippen molar-refractivity contribution in [3.8, 4) is 34.1 Å². The Hall–Kier alpha value is -4.06. The van der Waals surface area contributed by atoms with Crippen LogP contribution in [0, 0.1) is 0 Å². The minimum absolute atomic E-state index is 0.0682. The van der Waals surface area contributed by atoms with Gasteiger partial charge in [-0.05, 0) is 18.2 Å². The summed E-state index contributed by atoms with van der Waals surface area (Å²) in [6, 6.07) is 7.18. The number of nitrogens with two attached hydrogens (primary N) is 1. The highest BCUT2D eigenvalue weighted by atomic mass is 35.5. The highest BCUT2D eigenvalue weighted by molar-refractivity contribution is 6.30. The van der Waals surface area contributed by atoms with Crippen LogP contribution in [0.25, 0.3) is 39.7 Å². The molecule has 0 aliphatic heterocycles. The Kier molecular flexibility index (Phi) is 4.51. The van der Waals surface area contributed by atoms with Crippen LogP contribution >= 0.6 is 11.6 Å². The molecule has 160 valence electrons. The maximum Gasteiger partial charge on any atom is 0.433 e. The quantitative estimate of drug-likeness (QED) is 0.428. The molecule has 4 heterocycles. The lowest BCUT2D eigenvalue weighted by Gasteiger charge is -2.11. The molecule has 4 aromatic heterocycles. The number of rotatable bonds is 3. The SMILES string of the molecule is Nc1ncc(-c2noc(-c3cnn4c(C(F)(F)F)cc(-c5ccc(Cl)cc5)nc34)n2)cn1. The molecule has 32 heavy (non-hydrogen) atoms. The van der Waals surface area contributed by atoms with Crippen LogP contribution < -0.4 is 5.73 Å². The van der Waals surface area contributed by atoms with Gasteiger partial charge in [0.15, 0.2) is 11.3 Å². The molecule has 5 aromatic rings. The molecule has 5 rings (SSSR count). The second kappa shape index (κ2) is 7.27. The number of nitrogen functional groups attached to an aromatic ring is 1. The number of halogens is 4. The van der Waals surface area contributed by atoms with Gasteiger partial charge in [0.2, 0.25) is 11.8 Å². The summed E-state index contributed by atoms with van der Waals surface area (Å²) >= 11 is 5.89. The molecule has 0 saturated carbocycles. The molecule has 0 spiro atoms. The number of hydrogen-bond acceptors (Lipinski definition) is 8. The fraction of sp³-hybridized carbons (Fsp3) is 0.0526. The van der Waals surface area contributed by atoms with E-state index in [0.717, 1.165) is 6.07 Å². The van der Waals surface area contributed by atoms with Crippen LogP contribution in [0.2, 0.25) is 5.02 Å². The van der Waals surface area contributed by atoms with E-state index in [4.69, 9.17) is 21.9 Å². The van der Waals surface area contributed by atoms with Gasteiger partial charge in [0, 0.05) is 23.0 Å². The molecule has 0 saturated heterocycles. The van der Waals surface area contributed by atoms with Crippen LogP contribution in [0.3, 0.4) is 0 Å². The van der Waals surface area contributed by atoms with Gasteiger partial charge in [-0.3, -0.25) is 0 Å². The molecule has 0 fully saturated rings. The number of anilines is 1. The molecule has 0 atom stereocenters. The third-order valence-electron chi connectivity index (χ3n) is 4.49. The van der Waals surface area contributed by atoms with Crippen molar-refractivity contribution >= 4 is 23.2 Å². The minimum Gasteiger partial charge on any atom is -0.368 e. The molecule has 0 aliphatic carbocycles. The summed E-state index contributed by atoms with van der Waals surface area (Å²) in [4.78, 5) is 16.3. The molecule has 9 nitrogen and oxygen atoms in total. The summed E-state index contributed by atoms with van der Waals surface area (Å²) < 4.78 is 47.2. The highest BCUT2D eigenvalue weighted by Crippen LogP contribution is 2.35. The Morgan fingerprint density at radius 3 is 2.38 bits per heavy atom. The third kappa shape index (κ3) is 3.50. The Balaban J connectivity index is 1.67. The number of fused-ring (bicyclic) bond motifs is 1. The van der Waals surface area contributed by atoms with Crippen LogP contribution in [0.1, 0.15) is 5.69 Å². The predicted octanol–water partition coefficient (Wildman–Crippen LogP) is 4.16. The predicted molar refractivity (Wildman–Crippen MR) is 107 cm³/mol. The van der Waals surface area contributed by atoms with Crippen LogP contribution in [-0.2, 0) is 6.18 Å². The molecule has 0 amide bonds. The first-order valence-electron chi connectivity index (χ1n) is 8.93. The lowest BCUT2D eigenvalue weighted by Crippen LogP contribution is -2.13. The lowest BCUT2D eigenvalue weighted by molar-refractivity contribution is -0.142. The van der Waals surface area contributed by atoms with E-state index in [2.05, 4.69) is 30.2 Å². The standard InChI is InChI=1S/C19H10ClF3N8O/c20-11-3-1-9(2-4-11)13-5-14(19(21,22)23)31-16(28-13)12(8-27-31)17-29-15(30-32-17)10-6-25-18(24)26-7-10/h1-8H,(H2,24,25,26). The van der Waals surface area contributed by atoms with E-state index in [9.17, 15) is 13.2 Å². The van der Waals surface area contributed by atoms with Crippen LogP contribution in [-0.4, -0.2) is 34.7 Å². The maximum atomic E-state index is 13.8. The summed E-state index contributed by atoms with van der Waals surface area (Å²) in [7, 11) is 0. The Morgan fingerprint density at radius 1 is 0.969 bits per heavy atom. The number of hydrogen-bond donors (Lipinski definition) is 1. The van der Waals surface area contributed by atoms with Crippen LogP contribution in [0.5, 0.6) is 0 Å². The van der Waals surface area contributed by atoms with Crippen LogP contribution in [0.15, 0.2) is 53.4 Å². The normalized spacial score (nSPS) is 11.9. The molecular weight excluding hydrogens is 449 g/mol. The van der Waals surface area contributed by atoms with Crippen molar-refractivity contribution in [2.45, 2.75) is 6.18 Å². The fourth-order valence-electron chi connectivity index (χ4n) is 2.99. The summed E-state index contributed by atoms with van der Waals surface area (Å²) in [5.74, 6) is 0.128. The van der Waals surface area contributed by atoms with Crippen molar-refractivity contribution in [3.05, 3.63) is 59.6 Å². The topological polar surface area (TPSA) is 121 Å². The van der Waals surface area contributed by atoms with E-state index in [1.54, 1.807) is 24.3 Å². The summed E-state index contributed by atoms with van der Waals surface area (Å²) in [6.07, 6.45) is -0.718. The fourth-order valence-corrected chi connectivity index (χ4v) is 3.11. The van der Waals surface area contributed by atoms with E-state index in [1.165, 1.54) is 18.6 Å². The van der Waals surface area contributed by atoms with Crippen molar-refractivity contribution in [1.29, 1.82) is 0 Å². The largest absolute Gasteiger partial charge is 0.433 e. The number of aromatic nitrogens is 7. The average molecular weight is 459 g/mol. The van der Waals surface area contributed by atoms with Gasteiger partial charge in [-0.1, -0.05) is 28.9 Å². The van der Waals surface area contributed by atoms with Crippen molar-refractivity contribution < 1.29 is 17.7 Å². The lowest BCUT2D eigenvalue weighted by atomic mass is 10.1. The summed E-state index contributed by atoms with van der Waals surface area (Å²) in [6.45, 7) is 0. The first-order valence-corrected chi connectivity index (χ1v) is 9.31. The molecule has 2 N–H and O–H groups in total. The zero-order valence-corrected chi connectivity index (χ0v) is 16.5. The second-order valence-corrected chi connectivity index (χ2v) is 7.01. The van der Waals surface area contributed by atoms with Gasteiger partial charge >= 0.3 is 6.18 Å². The van der Waals surface area contributed by atoms with E-state index >= 15 is 0 Å². The van der Waals surface area contributed by atoms with Crippen molar-refractivity contribution in [2.75, 3.05) is 5.73 Å².